The molecule has 0 aromatic heterocycles. The molecule has 0 fully saturated rings. The number of halogens is 1. The summed E-state index contributed by atoms with van der Waals surface area (Å²) in [6.07, 6.45) is 0. The third-order valence-corrected chi connectivity index (χ3v) is 3.75. The Kier molecular flexibility index (Phi) is 5.15. The summed E-state index contributed by atoms with van der Waals surface area (Å²) in [5.41, 5.74) is 1.77. The van der Waals surface area contributed by atoms with Crippen LogP contribution in [0, 0.1) is 6.92 Å². The van der Waals surface area contributed by atoms with E-state index < -0.39 is 0 Å². The number of benzene rings is 1. The summed E-state index contributed by atoms with van der Waals surface area (Å²) in [5.74, 6) is -0.0192. The molecule has 4 heteroatoms. The van der Waals surface area contributed by atoms with Crippen LogP contribution in [-0.2, 0) is 0 Å². The number of carbonyl (C=O) groups excluding carboxylic acids is 1. The highest BCUT2D eigenvalue weighted by atomic mass is 79.9. The van der Waals surface area contributed by atoms with Crippen LogP contribution >= 0.6 is 15.9 Å². The smallest absolute Gasteiger partial charge is 0.251 e. The lowest BCUT2D eigenvalue weighted by Crippen LogP contribution is -2.38. The highest BCUT2D eigenvalue weighted by molar-refractivity contribution is 9.10. The third-order valence-electron chi connectivity index (χ3n) is 2.86. The first-order valence-corrected chi connectivity index (χ1v) is 6.42. The standard InChI is InChI=1S/C13H19BrN2O/c1-9-7-11(5-6-12(9)14)13(17)15-8-10(2)16(3)4/h5-7,10H,8H2,1-4H3,(H,15,17). The van der Waals surface area contributed by atoms with Gasteiger partial charge in [0.25, 0.3) is 5.91 Å². The van der Waals surface area contributed by atoms with E-state index in [9.17, 15) is 4.79 Å². The Balaban J connectivity index is 2.61. The summed E-state index contributed by atoms with van der Waals surface area (Å²) in [4.78, 5) is 14.0. The molecule has 0 bridgehead atoms. The minimum absolute atomic E-state index is 0.0192. The number of carbonyl (C=O) groups is 1. The number of nitrogens with one attached hydrogen (secondary N) is 1. The van der Waals surface area contributed by atoms with Crippen LogP contribution in [-0.4, -0.2) is 37.5 Å². The van der Waals surface area contributed by atoms with E-state index in [1.54, 1.807) is 0 Å². The van der Waals surface area contributed by atoms with Crippen LogP contribution in [0.5, 0.6) is 0 Å². The van der Waals surface area contributed by atoms with Crippen LogP contribution in [0.1, 0.15) is 22.8 Å². The van der Waals surface area contributed by atoms with E-state index in [0.717, 1.165) is 10.0 Å². The van der Waals surface area contributed by atoms with Crippen molar-refractivity contribution in [1.82, 2.24) is 10.2 Å². The predicted octanol–water partition coefficient (Wildman–Crippen LogP) is 2.44. The van der Waals surface area contributed by atoms with Crippen molar-refractivity contribution in [3.8, 4) is 0 Å². The Morgan fingerprint density at radius 3 is 2.65 bits per heavy atom. The normalized spacial score (nSPS) is 12.6. The van der Waals surface area contributed by atoms with E-state index in [0.29, 0.717) is 18.2 Å². The van der Waals surface area contributed by atoms with E-state index in [4.69, 9.17) is 0 Å². The maximum Gasteiger partial charge on any atom is 0.251 e. The first kappa shape index (κ1) is 14.2. The molecule has 1 aromatic carbocycles. The molecular weight excluding hydrogens is 280 g/mol. The summed E-state index contributed by atoms with van der Waals surface area (Å²) in [6, 6.07) is 5.95. The average molecular weight is 299 g/mol. The van der Waals surface area contributed by atoms with E-state index in [-0.39, 0.29) is 5.91 Å². The fourth-order valence-corrected chi connectivity index (χ4v) is 1.56. The molecule has 0 aliphatic carbocycles. The van der Waals surface area contributed by atoms with Gasteiger partial charge in [-0.05, 0) is 51.7 Å². The molecule has 0 spiro atoms. The highest BCUT2D eigenvalue weighted by Gasteiger charge is 2.09. The highest BCUT2D eigenvalue weighted by Crippen LogP contribution is 2.16. The Morgan fingerprint density at radius 1 is 1.47 bits per heavy atom. The third kappa shape index (κ3) is 4.13. The van der Waals surface area contributed by atoms with Crippen LogP contribution in [0.15, 0.2) is 22.7 Å². The molecule has 0 radical (unpaired) electrons. The Labute approximate surface area is 111 Å². The quantitative estimate of drug-likeness (QED) is 0.926. The Hall–Kier alpha value is -0.870. The summed E-state index contributed by atoms with van der Waals surface area (Å²) >= 11 is 3.42. The minimum atomic E-state index is -0.0192. The molecule has 0 saturated carbocycles. The molecule has 1 amide bonds. The zero-order valence-electron chi connectivity index (χ0n) is 10.7. The number of nitrogens with zero attached hydrogens (tertiary/aromatic N) is 1. The van der Waals surface area contributed by atoms with E-state index in [1.165, 1.54) is 0 Å². The second-order valence-corrected chi connectivity index (χ2v) is 5.34. The van der Waals surface area contributed by atoms with Gasteiger partial charge in [0.1, 0.15) is 0 Å². The molecule has 1 N–H and O–H groups in total. The van der Waals surface area contributed by atoms with Gasteiger partial charge in [0.2, 0.25) is 0 Å². The number of likely N-dealkylation sites (N-methyl/N-ethyl adjacent to an activating group) is 1. The molecule has 1 unspecified atom stereocenters. The number of hydrogen-bond donors (Lipinski definition) is 1. The van der Waals surface area contributed by atoms with Crippen LogP contribution in [0.2, 0.25) is 0 Å². The monoisotopic (exact) mass is 298 g/mol. The van der Waals surface area contributed by atoms with Gasteiger partial charge in [-0.25, -0.2) is 0 Å². The second kappa shape index (κ2) is 6.17. The van der Waals surface area contributed by atoms with Gasteiger partial charge in [-0.15, -0.1) is 0 Å². The van der Waals surface area contributed by atoms with Gasteiger partial charge < -0.3 is 10.2 Å². The first-order chi connectivity index (χ1) is 7.91. The van der Waals surface area contributed by atoms with Crippen molar-refractivity contribution in [2.45, 2.75) is 19.9 Å². The summed E-state index contributed by atoms with van der Waals surface area (Å²) in [5, 5.41) is 2.93. The lowest BCUT2D eigenvalue weighted by Gasteiger charge is -2.20. The SMILES string of the molecule is Cc1cc(C(=O)NCC(C)N(C)C)ccc1Br. The maximum atomic E-state index is 11.9. The number of aryl methyl sites for hydroxylation is 1. The second-order valence-electron chi connectivity index (χ2n) is 4.49. The van der Waals surface area contributed by atoms with Crippen molar-refractivity contribution in [3.63, 3.8) is 0 Å². The molecule has 1 rings (SSSR count). The zero-order valence-corrected chi connectivity index (χ0v) is 12.3. The number of hydrogen-bond acceptors (Lipinski definition) is 2. The lowest BCUT2D eigenvalue weighted by atomic mass is 10.1. The molecule has 0 heterocycles. The van der Waals surface area contributed by atoms with Gasteiger partial charge in [-0.3, -0.25) is 4.79 Å². The summed E-state index contributed by atoms with van der Waals surface area (Å²) in [7, 11) is 4.00. The van der Waals surface area contributed by atoms with E-state index >= 15 is 0 Å². The van der Waals surface area contributed by atoms with E-state index in [2.05, 4.69) is 33.1 Å². The lowest BCUT2D eigenvalue weighted by molar-refractivity contribution is 0.0943. The largest absolute Gasteiger partial charge is 0.350 e. The van der Waals surface area contributed by atoms with Gasteiger partial charge in [-0.2, -0.15) is 0 Å². The molecule has 0 aliphatic heterocycles. The Morgan fingerprint density at radius 2 is 2.12 bits per heavy atom. The first-order valence-electron chi connectivity index (χ1n) is 5.62. The van der Waals surface area contributed by atoms with Crippen molar-refractivity contribution in [1.29, 1.82) is 0 Å². The van der Waals surface area contributed by atoms with Crippen LogP contribution < -0.4 is 5.32 Å². The summed E-state index contributed by atoms with van der Waals surface area (Å²) in [6.45, 7) is 4.71. The number of rotatable bonds is 4. The van der Waals surface area contributed by atoms with Crippen molar-refractivity contribution >= 4 is 21.8 Å². The molecule has 17 heavy (non-hydrogen) atoms. The topological polar surface area (TPSA) is 32.3 Å². The molecule has 0 saturated heterocycles. The van der Waals surface area contributed by atoms with Gasteiger partial charge in [0.05, 0.1) is 0 Å². The average Bonchev–Trinajstić information content (AvgIpc) is 2.28. The van der Waals surface area contributed by atoms with Gasteiger partial charge in [-0.1, -0.05) is 15.9 Å². The summed E-state index contributed by atoms with van der Waals surface area (Å²) < 4.78 is 1.02. The van der Waals surface area contributed by atoms with Gasteiger partial charge in [0, 0.05) is 22.6 Å². The minimum Gasteiger partial charge on any atom is -0.350 e. The zero-order chi connectivity index (χ0) is 13.0. The van der Waals surface area contributed by atoms with Crippen molar-refractivity contribution < 1.29 is 4.79 Å². The van der Waals surface area contributed by atoms with Crippen molar-refractivity contribution in [2.24, 2.45) is 0 Å². The molecule has 0 aliphatic rings. The van der Waals surface area contributed by atoms with Crippen LogP contribution in [0.25, 0.3) is 0 Å². The van der Waals surface area contributed by atoms with Crippen molar-refractivity contribution in [3.05, 3.63) is 33.8 Å². The fourth-order valence-electron chi connectivity index (χ4n) is 1.31. The van der Waals surface area contributed by atoms with Crippen LogP contribution in [0.4, 0.5) is 0 Å². The Bertz CT molecular complexity index is 404. The molecule has 1 atom stereocenters. The molecular formula is C13H19BrN2O. The fraction of sp³-hybridized carbons (Fsp3) is 0.462. The van der Waals surface area contributed by atoms with Crippen LogP contribution in [0.3, 0.4) is 0 Å². The molecule has 3 nitrogen and oxygen atoms in total. The predicted molar refractivity (Wildman–Crippen MR) is 74.4 cm³/mol. The van der Waals surface area contributed by atoms with Gasteiger partial charge in [0.15, 0.2) is 0 Å². The molecule has 1 aromatic rings. The van der Waals surface area contributed by atoms with E-state index in [1.807, 2.05) is 39.2 Å². The molecule has 94 valence electrons. The van der Waals surface area contributed by atoms with Crippen molar-refractivity contribution in [2.75, 3.05) is 20.6 Å². The number of amides is 1. The maximum absolute atomic E-state index is 11.9. The van der Waals surface area contributed by atoms with Gasteiger partial charge >= 0.3 is 0 Å².